The van der Waals surface area contributed by atoms with E-state index in [1.54, 1.807) is 29.5 Å². The van der Waals surface area contributed by atoms with Crippen molar-refractivity contribution in [2.45, 2.75) is 6.54 Å². The van der Waals surface area contributed by atoms with Crippen molar-refractivity contribution < 1.29 is 4.79 Å². The first-order valence-electron chi connectivity index (χ1n) is 8.76. The Morgan fingerprint density at radius 1 is 1.08 bits per heavy atom. The van der Waals surface area contributed by atoms with E-state index in [0.29, 0.717) is 0 Å². The Balaban J connectivity index is 1.60. The molecule has 26 heavy (non-hydrogen) atoms. The summed E-state index contributed by atoms with van der Waals surface area (Å²) in [4.78, 5) is 25.3. The van der Waals surface area contributed by atoms with Gasteiger partial charge < -0.3 is 19.7 Å². The van der Waals surface area contributed by atoms with Crippen LogP contribution in [0.5, 0.6) is 0 Å². The van der Waals surface area contributed by atoms with Gasteiger partial charge in [0.05, 0.1) is 12.0 Å². The molecule has 4 rings (SSSR count). The Morgan fingerprint density at radius 3 is 2.69 bits per heavy atom. The number of piperazine rings is 1. The van der Waals surface area contributed by atoms with E-state index in [9.17, 15) is 4.79 Å². The highest BCUT2D eigenvalue weighted by Gasteiger charge is 2.18. The molecular weight excluding hydrogens is 328 g/mol. The molecular formula is C19H22N6O. The Hall–Kier alpha value is -2.93. The van der Waals surface area contributed by atoms with E-state index in [1.807, 2.05) is 18.3 Å². The van der Waals surface area contributed by atoms with E-state index in [-0.39, 0.29) is 12.5 Å². The van der Waals surface area contributed by atoms with Crippen LogP contribution in [0, 0.1) is 0 Å². The van der Waals surface area contributed by atoms with Gasteiger partial charge >= 0.3 is 0 Å². The van der Waals surface area contributed by atoms with Gasteiger partial charge in [-0.3, -0.25) is 9.78 Å². The summed E-state index contributed by atoms with van der Waals surface area (Å²) in [6, 6.07) is 6.10. The first kappa shape index (κ1) is 16.5. The number of nitrogens with one attached hydrogen (secondary N) is 1. The van der Waals surface area contributed by atoms with Crippen molar-refractivity contribution >= 4 is 28.1 Å². The Morgan fingerprint density at radius 2 is 1.92 bits per heavy atom. The second kappa shape index (κ2) is 7.13. The van der Waals surface area contributed by atoms with Gasteiger partial charge in [-0.25, -0.2) is 4.98 Å². The molecule has 1 aromatic carbocycles. The summed E-state index contributed by atoms with van der Waals surface area (Å²) in [5.41, 5.74) is 1.99. The molecule has 0 aliphatic carbocycles. The van der Waals surface area contributed by atoms with Gasteiger partial charge in [0.1, 0.15) is 6.54 Å². The highest BCUT2D eigenvalue weighted by Crippen LogP contribution is 2.32. The molecule has 1 N–H and O–H groups in total. The third kappa shape index (κ3) is 3.39. The van der Waals surface area contributed by atoms with Crippen LogP contribution in [0.2, 0.25) is 0 Å². The van der Waals surface area contributed by atoms with Crippen LogP contribution in [-0.4, -0.2) is 58.6 Å². The number of nitrogens with zero attached hydrogens (tertiary/aromatic N) is 5. The molecule has 0 unspecified atom stereocenters. The smallest absolute Gasteiger partial charge is 0.244 e. The van der Waals surface area contributed by atoms with E-state index in [4.69, 9.17) is 0 Å². The molecule has 0 saturated carbocycles. The highest BCUT2D eigenvalue weighted by molar-refractivity contribution is 6.06. The number of pyridine rings is 1. The number of likely N-dealkylation sites (N-methyl/N-ethyl adjacent to an activating group) is 1. The fourth-order valence-electron chi connectivity index (χ4n) is 3.34. The standard InChI is InChI=1S/C19H22N6O/c1-23-8-10-25(11-9-23)18-3-2-17(16-12-20-5-4-15(16)18)22-19(26)13-24-7-6-21-14-24/h2-7,12,14H,8-11,13H2,1H3,(H,22,26). The van der Waals surface area contributed by atoms with Crippen LogP contribution < -0.4 is 10.2 Å². The third-order valence-electron chi connectivity index (χ3n) is 4.80. The number of benzene rings is 1. The normalized spacial score (nSPS) is 15.3. The molecule has 3 aromatic rings. The van der Waals surface area contributed by atoms with Crippen molar-refractivity contribution in [1.29, 1.82) is 0 Å². The summed E-state index contributed by atoms with van der Waals surface area (Å²) in [6.45, 7) is 4.34. The summed E-state index contributed by atoms with van der Waals surface area (Å²) >= 11 is 0. The van der Waals surface area contributed by atoms with Gasteiger partial charge in [-0.05, 0) is 25.2 Å². The SMILES string of the molecule is CN1CCN(c2ccc(NC(=O)Cn3ccnc3)c3cnccc23)CC1. The van der Waals surface area contributed by atoms with Gasteiger partial charge in [0.2, 0.25) is 5.91 Å². The average molecular weight is 350 g/mol. The molecule has 2 aromatic heterocycles. The first-order chi connectivity index (χ1) is 12.7. The topological polar surface area (TPSA) is 66.3 Å². The maximum Gasteiger partial charge on any atom is 0.244 e. The van der Waals surface area contributed by atoms with Gasteiger partial charge in [-0.15, -0.1) is 0 Å². The molecule has 3 heterocycles. The molecule has 134 valence electrons. The number of anilines is 2. The van der Waals surface area contributed by atoms with E-state index >= 15 is 0 Å². The predicted octanol–water partition coefficient (Wildman–Crippen LogP) is 1.82. The lowest BCUT2D eigenvalue weighted by Crippen LogP contribution is -2.44. The van der Waals surface area contributed by atoms with E-state index < -0.39 is 0 Å². The Kier molecular flexibility index (Phi) is 4.53. The van der Waals surface area contributed by atoms with Crippen LogP contribution in [-0.2, 0) is 11.3 Å². The molecule has 1 saturated heterocycles. The average Bonchev–Trinajstić information content (AvgIpc) is 3.16. The van der Waals surface area contributed by atoms with Crippen LogP contribution in [0.15, 0.2) is 49.3 Å². The van der Waals surface area contributed by atoms with E-state index in [1.165, 1.54) is 5.69 Å². The van der Waals surface area contributed by atoms with Gasteiger partial charge in [-0.1, -0.05) is 0 Å². The minimum Gasteiger partial charge on any atom is -0.368 e. The zero-order valence-corrected chi connectivity index (χ0v) is 14.8. The zero-order chi connectivity index (χ0) is 17.9. The lowest BCUT2D eigenvalue weighted by atomic mass is 10.1. The van der Waals surface area contributed by atoms with Gasteiger partial charge in [0.25, 0.3) is 0 Å². The van der Waals surface area contributed by atoms with Crippen LogP contribution in [0.4, 0.5) is 11.4 Å². The monoisotopic (exact) mass is 350 g/mol. The molecule has 0 bridgehead atoms. The van der Waals surface area contributed by atoms with Crippen molar-refractivity contribution in [2.24, 2.45) is 0 Å². The molecule has 0 radical (unpaired) electrons. The predicted molar refractivity (Wildman–Crippen MR) is 102 cm³/mol. The highest BCUT2D eigenvalue weighted by atomic mass is 16.1. The third-order valence-corrected chi connectivity index (χ3v) is 4.80. The number of amides is 1. The molecule has 0 atom stereocenters. The second-order valence-electron chi connectivity index (χ2n) is 6.63. The van der Waals surface area contributed by atoms with Crippen molar-refractivity contribution in [2.75, 3.05) is 43.4 Å². The number of fused-ring (bicyclic) bond motifs is 1. The summed E-state index contributed by atoms with van der Waals surface area (Å²) in [6.07, 6.45) is 8.70. The van der Waals surface area contributed by atoms with Gasteiger partial charge in [0.15, 0.2) is 0 Å². The lowest BCUT2D eigenvalue weighted by molar-refractivity contribution is -0.116. The van der Waals surface area contributed by atoms with Crippen molar-refractivity contribution in [1.82, 2.24) is 19.4 Å². The van der Waals surface area contributed by atoms with E-state index in [2.05, 4.69) is 38.2 Å². The summed E-state index contributed by atoms with van der Waals surface area (Å²) in [7, 11) is 2.15. The first-order valence-corrected chi connectivity index (χ1v) is 8.76. The fraction of sp³-hybridized carbons (Fsp3) is 0.316. The van der Waals surface area contributed by atoms with Crippen LogP contribution in [0.1, 0.15) is 0 Å². The van der Waals surface area contributed by atoms with Crippen molar-refractivity contribution in [3.8, 4) is 0 Å². The summed E-state index contributed by atoms with van der Waals surface area (Å²) in [5.74, 6) is -0.0829. The largest absolute Gasteiger partial charge is 0.368 e. The van der Waals surface area contributed by atoms with Crippen LogP contribution in [0.25, 0.3) is 10.8 Å². The lowest BCUT2D eigenvalue weighted by Gasteiger charge is -2.34. The Labute approximate surface area is 152 Å². The Bertz CT molecular complexity index is 900. The molecule has 0 spiro atoms. The van der Waals surface area contributed by atoms with Crippen LogP contribution >= 0.6 is 0 Å². The molecule has 7 nitrogen and oxygen atoms in total. The molecule has 1 aliphatic heterocycles. The number of carbonyl (C=O) groups is 1. The maximum absolute atomic E-state index is 12.4. The number of imidazole rings is 1. The quantitative estimate of drug-likeness (QED) is 0.777. The van der Waals surface area contributed by atoms with Gasteiger partial charge in [-0.2, -0.15) is 0 Å². The number of rotatable bonds is 4. The number of aromatic nitrogens is 3. The molecule has 1 fully saturated rings. The molecule has 1 amide bonds. The number of hydrogen-bond acceptors (Lipinski definition) is 5. The fourth-order valence-corrected chi connectivity index (χ4v) is 3.34. The van der Waals surface area contributed by atoms with Crippen molar-refractivity contribution in [3.05, 3.63) is 49.3 Å². The van der Waals surface area contributed by atoms with Crippen molar-refractivity contribution in [3.63, 3.8) is 0 Å². The molecule has 7 heteroatoms. The van der Waals surface area contributed by atoms with E-state index in [0.717, 1.165) is 42.6 Å². The second-order valence-corrected chi connectivity index (χ2v) is 6.63. The minimum atomic E-state index is -0.0829. The number of hydrogen-bond donors (Lipinski definition) is 1. The summed E-state index contributed by atoms with van der Waals surface area (Å²) < 4.78 is 1.74. The van der Waals surface area contributed by atoms with Crippen LogP contribution in [0.3, 0.4) is 0 Å². The maximum atomic E-state index is 12.4. The zero-order valence-electron chi connectivity index (χ0n) is 14.8. The summed E-state index contributed by atoms with van der Waals surface area (Å²) in [5, 5.41) is 5.08. The number of carbonyl (C=O) groups excluding carboxylic acids is 1. The molecule has 1 aliphatic rings. The minimum absolute atomic E-state index is 0.0829. The van der Waals surface area contributed by atoms with Gasteiger partial charge in [0, 0.05) is 67.4 Å².